The highest BCUT2D eigenvalue weighted by atomic mass is 32.1. The zero-order valence-corrected chi connectivity index (χ0v) is 18.2. The Balaban J connectivity index is 1.47. The molecule has 0 bridgehead atoms. The molecule has 1 saturated heterocycles. The van der Waals surface area contributed by atoms with Crippen molar-refractivity contribution in [2.75, 3.05) is 39.4 Å². The molecule has 4 nitrogen and oxygen atoms in total. The Labute approximate surface area is 176 Å². The molecule has 156 valence electrons. The molecule has 3 aromatic rings. The van der Waals surface area contributed by atoms with Crippen LogP contribution in [-0.4, -0.2) is 53.8 Å². The molecule has 0 amide bonds. The Morgan fingerprint density at radius 1 is 1.14 bits per heavy atom. The lowest BCUT2D eigenvalue weighted by Crippen LogP contribution is -2.38. The van der Waals surface area contributed by atoms with Crippen LogP contribution in [0.15, 0.2) is 36.5 Å². The van der Waals surface area contributed by atoms with E-state index in [2.05, 4.69) is 35.1 Å². The predicted octanol–water partition coefficient (Wildman–Crippen LogP) is 4.41. The SMILES string of the molecule is Cc1ccc(CN(CCCN2CCOCC2)Cc2cn(C)c3cc(F)ccc23)s1. The van der Waals surface area contributed by atoms with Crippen LogP contribution in [0.2, 0.25) is 0 Å². The summed E-state index contributed by atoms with van der Waals surface area (Å²) in [6.07, 6.45) is 3.29. The van der Waals surface area contributed by atoms with E-state index in [9.17, 15) is 4.39 Å². The molecule has 0 radical (unpaired) electrons. The fraction of sp³-hybridized carbons (Fsp3) is 0.478. The monoisotopic (exact) mass is 415 g/mol. The van der Waals surface area contributed by atoms with Gasteiger partial charge in [-0.25, -0.2) is 4.39 Å². The van der Waals surface area contributed by atoms with E-state index in [1.807, 2.05) is 29.0 Å². The van der Waals surface area contributed by atoms with Gasteiger partial charge in [0.05, 0.1) is 18.7 Å². The molecule has 0 atom stereocenters. The lowest BCUT2D eigenvalue weighted by molar-refractivity contribution is 0.0359. The molecule has 6 heteroatoms. The first kappa shape index (κ1) is 20.5. The molecule has 0 aliphatic carbocycles. The van der Waals surface area contributed by atoms with Gasteiger partial charge in [0.25, 0.3) is 0 Å². The van der Waals surface area contributed by atoms with Crippen LogP contribution in [0, 0.1) is 12.7 Å². The number of rotatable bonds is 8. The largest absolute Gasteiger partial charge is 0.379 e. The third-order valence-electron chi connectivity index (χ3n) is 5.66. The molecular weight excluding hydrogens is 385 g/mol. The average molecular weight is 416 g/mol. The maximum atomic E-state index is 13.7. The second-order valence-electron chi connectivity index (χ2n) is 7.96. The Kier molecular flexibility index (Phi) is 6.65. The minimum absolute atomic E-state index is 0.179. The second-order valence-corrected chi connectivity index (χ2v) is 9.33. The average Bonchev–Trinajstić information content (AvgIpc) is 3.25. The van der Waals surface area contributed by atoms with Gasteiger partial charge in [-0.3, -0.25) is 9.80 Å². The van der Waals surface area contributed by atoms with Crippen molar-refractivity contribution in [2.24, 2.45) is 7.05 Å². The molecule has 4 rings (SSSR count). The summed E-state index contributed by atoms with van der Waals surface area (Å²) in [5.41, 5.74) is 2.22. The first-order valence-electron chi connectivity index (χ1n) is 10.4. The maximum Gasteiger partial charge on any atom is 0.125 e. The van der Waals surface area contributed by atoms with Gasteiger partial charge in [0.1, 0.15) is 5.82 Å². The number of benzene rings is 1. The van der Waals surface area contributed by atoms with Gasteiger partial charge in [-0.2, -0.15) is 0 Å². The number of hydrogen-bond acceptors (Lipinski definition) is 4. The lowest BCUT2D eigenvalue weighted by Gasteiger charge is -2.28. The van der Waals surface area contributed by atoms with E-state index in [0.29, 0.717) is 0 Å². The second kappa shape index (κ2) is 9.39. The molecule has 29 heavy (non-hydrogen) atoms. The van der Waals surface area contributed by atoms with Crippen molar-refractivity contribution in [2.45, 2.75) is 26.4 Å². The van der Waals surface area contributed by atoms with E-state index in [4.69, 9.17) is 4.74 Å². The van der Waals surface area contributed by atoms with Crippen molar-refractivity contribution in [3.63, 3.8) is 0 Å². The summed E-state index contributed by atoms with van der Waals surface area (Å²) in [5, 5.41) is 1.15. The summed E-state index contributed by atoms with van der Waals surface area (Å²) < 4.78 is 21.2. The molecule has 0 unspecified atom stereocenters. The normalized spacial score (nSPS) is 15.6. The number of hydrogen-bond donors (Lipinski definition) is 0. The van der Waals surface area contributed by atoms with Crippen molar-refractivity contribution in [1.29, 1.82) is 0 Å². The van der Waals surface area contributed by atoms with Gasteiger partial charge < -0.3 is 9.30 Å². The van der Waals surface area contributed by atoms with Crippen molar-refractivity contribution < 1.29 is 9.13 Å². The van der Waals surface area contributed by atoms with Crippen molar-refractivity contribution in [3.05, 3.63) is 57.7 Å². The van der Waals surface area contributed by atoms with E-state index in [0.717, 1.165) is 69.8 Å². The zero-order valence-electron chi connectivity index (χ0n) is 17.4. The minimum atomic E-state index is -0.179. The molecule has 2 aromatic heterocycles. The standard InChI is InChI=1S/C23H30FN3OS/c1-18-4-6-21(29-18)17-27(9-3-8-26-10-12-28-13-11-26)16-19-15-25(2)23-14-20(24)5-7-22(19)23/h4-7,14-15H,3,8-13,16-17H2,1-2H3. The quantitative estimate of drug-likeness (QED) is 0.544. The van der Waals surface area contributed by atoms with E-state index in [1.165, 1.54) is 15.3 Å². The zero-order chi connectivity index (χ0) is 20.2. The Bertz CT molecular complexity index is 945. The van der Waals surface area contributed by atoms with Crippen LogP contribution >= 0.6 is 11.3 Å². The minimum Gasteiger partial charge on any atom is -0.379 e. The van der Waals surface area contributed by atoms with Crippen LogP contribution in [0.1, 0.15) is 21.7 Å². The summed E-state index contributed by atoms with van der Waals surface area (Å²) in [5.74, 6) is -0.179. The topological polar surface area (TPSA) is 20.6 Å². The Morgan fingerprint density at radius 2 is 1.97 bits per heavy atom. The smallest absolute Gasteiger partial charge is 0.125 e. The van der Waals surface area contributed by atoms with Crippen LogP contribution in [-0.2, 0) is 24.9 Å². The number of thiophene rings is 1. The lowest BCUT2D eigenvalue weighted by atomic mass is 10.1. The fourth-order valence-electron chi connectivity index (χ4n) is 4.16. The summed E-state index contributed by atoms with van der Waals surface area (Å²) in [7, 11) is 2.00. The van der Waals surface area contributed by atoms with Crippen LogP contribution in [0.3, 0.4) is 0 Å². The highest BCUT2D eigenvalue weighted by Crippen LogP contribution is 2.25. The number of nitrogens with zero attached hydrogens (tertiary/aromatic N) is 3. The maximum absolute atomic E-state index is 13.7. The van der Waals surface area contributed by atoms with Crippen LogP contribution < -0.4 is 0 Å². The summed E-state index contributed by atoms with van der Waals surface area (Å²) in [6.45, 7) is 9.95. The number of ether oxygens (including phenoxy) is 1. The number of aryl methyl sites for hydroxylation is 2. The number of fused-ring (bicyclic) bond motifs is 1. The summed E-state index contributed by atoms with van der Waals surface area (Å²) >= 11 is 1.88. The summed E-state index contributed by atoms with van der Waals surface area (Å²) in [4.78, 5) is 7.79. The third kappa shape index (κ3) is 5.25. The molecule has 0 spiro atoms. The van der Waals surface area contributed by atoms with E-state index in [-0.39, 0.29) is 5.82 Å². The number of morpholine rings is 1. The predicted molar refractivity (Wildman–Crippen MR) is 118 cm³/mol. The first-order valence-corrected chi connectivity index (χ1v) is 11.2. The van der Waals surface area contributed by atoms with Gasteiger partial charge in [0, 0.05) is 61.1 Å². The first-order chi connectivity index (χ1) is 14.1. The molecule has 3 heterocycles. The van der Waals surface area contributed by atoms with Gasteiger partial charge in [-0.1, -0.05) is 0 Å². The summed E-state index contributed by atoms with van der Waals surface area (Å²) in [6, 6.07) is 9.56. The molecular formula is C23H30FN3OS. The van der Waals surface area contributed by atoms with Crippen molar-refractivity contribution in [3.8, 4) is 0 Å². The Morgan fingerprint density at radius 3 is 2.72 bits per heavy atom. The Hall–Kier alpha value is -1.73. The van der Waals surface area contributed by atoms with Gasteiger partial charge in [0.2, 0.25) is 0 Å². The van der Waals surface area contributed by atoms with Gasteiger partial charge >= 0.3 is 0 Å². The van der Waals surface area contributed by atoms with Crippen LogP contribution in [0.25, 0.3) is 10.9 Å². The fourth-order valence-corrected chi connectivity index (χ4v) is 5.09. The highest BCUT2D eigenvalue weighted by molar-refractivity contribution is 7.11. The molecule has 1 aliphatic rings. The van der Waals surface area contributed by atoms with Crippen LogP contribution in [0.5, 0.6) is 0 Å². The van der Waals surface area contributed by atoms with E-state index < -0.39 is 0 Å². The van der Waals surface area contributed by atoms with Gasteiger partial charge in [-0.05, 0) is 55.8 Å². The molecule has 1 aliphatic heterocycles. The molecule has 0 saturated carbocycles. The molecule has 0 N–H and O–H groups in total. The third-order valence-corrected chi connectivity index (χ3v) is 6.64. The highest BCUT2D eigenvalue weighted by Gasteiger charge is 2.15. The number of halogens is 1. The van der Waals surface area contributed by atoms with E-state index in [1.54, 1.807) is 12.1 Å². The van der Waals surface area contributed by atoms with Gasteiger partial charge in [-0.15, -0.1) is 11.3 Å². The number of aromatic nitrogens is 1. The van der Waals surface area contributed by atoms with Crippen molar-refractivity contribution >= 4 is 22.2 Å². The van der Waals surface area contributed by atoms with Crippen LogP contribution in [0.4, 0.5) is 4.39 Å². The van der Waals surface area contributed by atoms with E-state index >= 15 is 0 Å². The molecule has 1 fully saturated rings. The molecule has 1 aromatic carbocycles. The van der Waals surface area contributed by atoms with Gasteiger partial charge in [0.15, 0.2) is 0 Å². The van der Waals surface area contributed by atoms with Crippen molar-refractivity contribution in [1.82, 2.24) is 14.4 Å².